The number of amides is 4. The summed E-state index contributed by atoms with van der Waals surface area (Å²) in [7, 11) is 0. The number of primary amides is 1. The SMILES string of the molecule is CC(O)C(NC(=O)C(CO)NC(=O)C(Cc1ccccc1)NC(=O)C(N)CC(N)=O)C(=O)O. The molecule has 1 rings (SSSR count). The average molecular weight is 467 g/mol. The quantitative estimate of drug-likeness (QED) is 0.142. The van der Waals surface area contributed by atoms with Crippen molar-refractivity contribution in [2.75, 3.05) is 6.61 Å². The van der Waals surface area contributed by atoms with Gasteiger partial charge in [-0.15, -0.1) is 0 Å². The Morgan fingerprint density at radius 1 is 0.939 bits per heavy atom. The Labute approximate surface area is 189 Å². The molecule has 0 saturated carbocycles. The highest BCUT2D eigenvalue weighted by Crippen LogP contribution is 2.05. The van der Waals surface area contributed by atoms with Crippen LogP contribution in [0.2, 0.25) is 0 Å². The van der Waals surface area contributed by atoms with Crippen molar-refractivity contribution in [1.82, 2.24) is 16.0 Å². The van der Waals surface area contributed by atoms with Crippen molar-refractivity contribution in [3.05, 3.63) is 35.9 Å². The smallest absolute Gasteiger partial charge is 0.328 e. The number of benzene rings is 1. The summed E-state index contributed by atoms with van der Waals surface area (Å²) >= 11 is 0. The van der Waals surface area contributed by atoms with E-state index < -0.39 is 72.9 Å². The number of aliphatic carboxylic acids is 1. The summed E-state index contributed by atoms with van der Waals surface area (Å²) in [6, 6.07) is 2.71. The predicted octanol–water partition coefficient (Wildman–Crippen LogP) is -3.66. The molecular formula is C20H29N5O8. The molecule has 0 aromatic heterocycles. The van der Waals surface area contributed by atoms with E-state index in [-0.39, 0.29) is 6.42 Å². The van der Waals surface area contributed by atoms with Crippen LogP contribution in [-0.2, 0) is 30.4 Å². The summed E-state index contributed by atoms with van der Waals surface area (Å²) in [4.78, 5) is 59.7. The van der Waals surface area contributed by atoms with Crippen molar-refractivity contribution < 1.29 is 39.3 Å². The molecule has 10 N–H and O–H groups in total. The minimum absolute atomic E-state index is 0.0209. The largest absolute Gasteiger partial charge is 0.480 e. The van der Waals surface area contributed by atoms with E-state index in [0.717, 1.165) is 6.92 Å². The van der Waals surface area contributed by atoms with E-state index in [1.54, 1.807) is 30.3 Å². The molecule has 13 nitrogen and oxygen atoms in total. The second-order valence-electron chi connectivity index (χ2n) is 7.34. The number of carbonyl (C=O) groups excluding carboxylic acids is 4. The van der Waals surface area contributed by atoms with Gasteiger partial charge >= 0.3 is 5.97 Å². The highest BCUT2D eigenvalue weighted by atomic mass is 16.4. The van der Waals surface area contributed by atoms with E-state index in [4.69, 9.17) is 16.6 Å². The van der Waals surface area contributed by atoms with Gasteiger partial charge in [-0.3, -0.25) is 19.2 Å². The standard InChI is InChI=1S/C20H29N5O8/c1-10(27)16(20(32)33)25-19(31)14(9-26)24-18(30)13(7-11-5-3-2-4-6-11)23-17(29)12(21)8-15(22)28/h2-6,10,12-14,16,26-27H,7-9,21H2,1H3,(H2,22,28)(H,23,29)(H,24,30)(H,25,31)(H,32,33). The summed E-state index contributed by atoms with van der Waals surface area (Å²) < 4.78 is 0. The maximum atomic E-state index is 12.8. The van der Waals surface area contributed by atoms with Crippen LogP contribution in [-0.4, -0.2) is 81.8 Å². The van der Waals surface area contributed by atoms with Crippen LogP contribution in [0.5, 0.6) is 0 Å². The Morgan fingerprint density at radius 2 is 1.48 bits per heavy atom. The molecule has 13 heteroatoms. The Kier molecular flexibility index (Phi) is 10.9. The molecule has 5 atom stereocenters. The normalized spacial score (nSPS) is 15.3. The van der Waals surface area contributed by atoms with Crippen molar-refractivity contribution in [1.29, 1.82) is 0 Å². The predicted molar refractivity (Wildman–Crippen MR) is 114 cm³/mol. The summed E-state index contributed by atoms with van der Waals surface area (Å²) in [5, 5.41) is 34.7. The lowest BCUT2D eigenvalue weighted by molar-refractivity contribution is -0.145. The first kappa shape index (κ1) is 27.5. The first-order valence-corrected chi connectivity index (χ1v) is 9.96. The molecule has 182 valence electrons. The zero-order valence-electron chi connectivity index (χ0n) is 17.9. The fourth-order valence-corrected chi connectivity index (χ4v) is 2.76. The third-order valence-corrected chi connectivity index (χ3v) is 4.54. The van der Waals surface area contributed by atoms with Gasteiger partial charge in [0.2, 0.25) is 23.6 Å². The summed E-state index contributed by atoms with van der Waals surface area (Å²) in [5.41, 5.74) is 11.3. The maximum Gasteiger partial charge on any atom is 0.328 e. The minimum Gasteiger partial charge on any atom is -0.480 e. The van der Waals surface area contributed by atoms with E-state index in [1.165, 1.54) is 0 Å². The molecule has 33 heavy (non-hydrogen) atoms. The van der Waals surface area contributed by atoms with Crippen LogP contribution in [0.3, 0.4) is 0 Å². The molecule has 5 unspecified atom stereocenters. The minimum atomic E-state index is -1.67. The third-order valence-electron chi connectivity index (χ3n) is 4.54. The lowest BCUT2D eigenvalue weighted by atomic mass is 10.0. The monoisotopic (exact) mass is 467 g/mol. The zero-order valence-corrected chi connectivity index (χ0v) is 17.9. The van der Waals surface area contributed by atoms with E-state index in [1.807, 2.05) is 5.32 Å². The Bertz CT molecular complexity index is 848. The van der Waals surface area contributed by atoms with Crippen molar-refractivity contribution in [3.8, 4) is 0 Å². The van der Waals surface area contributed by atoms with E-state index in [2.05, 4.69) is 10.6 Å². The molecule has 0 fully saturated rings. The van der Waals surface area contributed by atoms with E-state index >= 15 is 0 Å². The second kappa shape index (κ2) is 13.1. The van der Waals surface area contributed by atoms with Crippen LogP contribution in [0, 0.1) is 0 Å². The molecule has 1 aromatic rings. The van der Waals surface area contributed by atoms with Crippen LogP contribution in [0.25, 0.3) is 0 Å². The van der Waals surface area contributed by atoms with Crippen molar-refractivity contribution in [3.63, 3.8) is 0 Å². The van der Waals surface area contributed by atoms with Gasteiger partial charge in [-0.2, -0.15) is 0 Å². The fraction of sp³-hybridized carbons (Fsp3) is 0.450. The molecule has 0 aliphatic rings. The number of hydrogen-bond donors (Lipinski definition) is 8. The van der Waals surface area contributed by atoms with Gasteiger partial charge in [0.15, 0.2) is 6.04 Å². The average Bonchev–Trinajstić information content (AvgIpc) is 2.74. The molecule has 0 heterocycles. The highest BCUT2D eigenvalue weighted by Gasteiger charge is 2.31. The van der Waals surface area contributed by atoms with Gasteiger partial charge in [0.25, 0.3) is 0 Å². The molecule has 0 radical (unpaired) electrons. The van der Waals surface area contributed by atoms with Gasteiger partial charge in [-0.05, 0) is 12.5 Å². The Morgan fingerprint density at radius 3 is 1.97 bits per heavy atom. The number of carboxylic acids is 1. The van der Waals surface area contributed by atoms with Crippen molar-refractivity contribution in [2.24, 2.45) is 11.5 Å². The van der Waals surface area contributed by atoms with Gasteiger partial charge in [-0.1, -0.05) is 30.3 Å². The number of carboxylic acid groups (broad SMARTS) is 1. The fourth-order valence-electron chi connectivity index (χ4n) is 2.76. The highest BCUT2D eigenvalue weighted by molar-refractivity contribution is 5.95. The third kappa shape index (κ3) is 9.22. The number of hydrogen-bond acceptors (Lipinski definition) is 8. The van der Waals surface area contributed by atoms with Gasteiger partial charge < -0.3 is 42.7 Å². The van der Waals surface area contributed by atoms with Crippen LogP contribution >= 0.6 is 0 Å². The number of aliphatic hydroxyl groups excluding tert-OH is 2. The van der Waals surface area contributed by atoms with Crippen LogP contribution < -0.4 is 27.4 Å². The zero-order chi connectivity index (χ0) is 25.1. The van der Waals surface area contributed by atoms with E-state index in [9.17, 15) is 34.2 Å². The maximum absolute atomic E-state index is 12.8. The number of aliphatic hydroxyl groups is 2. The van der Waals surface area contributed by atoms with Gasteiger partial charge in [0, 0.05) is 6.42 Å². The number of rotatable bonds is 13. The summed E-state index contributed by atoms with van der Waals surface area (Å²) in [6.07, 6.45) is -1.92. The lowest BCUT2D eigenvalue weighted by Crippen LogP contribution is -2.59. The van der Waals surface area contributed by atoms with Crippen LogP contribution in [0.1, 0.15) is 18.9 Å². The topological polar surface area (TPSA) is 234 Å². The van der Waals surface area contributed by atoms with Crippen molar-refractivity contribution in [2.45, 2.75) is 50.0 Å². The molecule has 0 bridgehead atoms. The molecule has 0 saturated heterocycles. The molecule has 4 amide bonds. The number of carbonyl (C=O) groups is 5. The summed E-state index contributed by atoms with van der Waals surface area (Å²) in [5.74, 6) is -5.11. The van der Waals surface area contributed by atoms with Gasteiger partial charge in [-0.25, -0.2) is 4.79 Å². The van der Waals surface area contributed by atoms with E-state index in [0.29, 0.717) is 5.56 Å². The van der Waals surface area contributed by atoms with Gasteiger partial charge in [0.1, 0.15) is 12.1 Å². The lowest BCUT2D eigenvalue weighted by Gasteiger charge is -2.25. The number of nitrogens with two attached hydrogens (primary N) is 2. The van der Waals surface area contributed by atoms with Crippen molar-refractivity contribution >= 4 is 29.6 Å². The molecule has 0 aliphatic heterocycles. The summed E-state index contributed by atoms with van der Waals surface area (Å²) in [6.45, 7) is 0.253. The Hall–Kier alpha value is -3.55. The Balaban J connectivity index is 2.99. The molecule has 1 aromatic carbocycles. The second-order valence-corrected chi connectivity index (χ2v) is 7.34. The first-order valence-electron chi connectivity index (χ1n) is 9.96. The molecular weight excluding hydrogens is 438 g/mol. The van der Waals surface area contributed by atoms with Gasteiger partial charge in [0.05, 0.1) is 25.2 Å². The molecule has 0 aliphatic carbocycles. The van der Waals surface area contributed by atoms with Crippen LogP contribution in [0.4, 0.5) is 0 Å². The number of nitrogens with one attached hydrogen (secondary N) is 3. The molecule has 0 spiro atoms. The van der Waals surface area contributed by atoms with Crippen LogP contribution in [0.15, 0.2) is 30.3 Å². The first-order chi connectivity index (χ1) is 15.5.